The standard InChI is InChI=1S/C12H5Cl3N2/c13-6-1-2-7-9(5-6)16-8-3-4-10(14)17-12(8)11(7)15/h1-5H. The number of halogens is 3. The number of aromatic nitrogens is 2. The van der Waals surface area contributed by atoms with Crippen LogP contribution in [0.1, 0.15) is 0 Å². The van der Waals surface area contributed by atoms with Crippen LogP contribution in [0.25, 0.3) is 21.9 Å². The van der Waals surface area contributed by atoms with E-state index >= 15 is 0 Å². The second kappa shape index (κ2) is 3.98. The largest absolute Gasteiger partial charge is 0.246 e. The number of hydrogen-bond donors (Lipinski definition) is 0. The van der Waals surface area contributed by atoms with Gasteiger partial charge in [0.05, 0.1) is 16.1 Å². The fraction of sp³-hybridized carbons (Fsp3) is 0. The molecule has 2 nitrogen and oxygen atoms in total. The average molecular weight is 284 g/mol. The number of nitrogens with zero attached hydrogens (tertiary/aromatic N) is 2. The second-order valence-electron chi connectivity index (χ2n) is 3.59. The molecule has 0 saturated heterocycles. The van der Waals surface area contributed by atoms with Crippen LogP contribution in [0.5, 0.6) is 0 Å². The molecule has 0 bridgehead atoms. The Balaban J connectivity index is 2.52. The molecule has 0 fully saturated rings. The molecular weight excluding hydrogens is 279 g/mol. The SMILES string of the molecule is Clc1ccc2c(Cl)c3nc(Cl)ccc3nc2c1. The molecule has 2 heterocycles. The highest BCUT2D eigenvalue weighted by molar-refractivity contribution is 6.40. The summed E-state index contributed by atoms with van der Waals surface area (Å²) in [6.07, 6.45) is 0. The molecule has 0 unspecified atom stereocenters. The van der Waals surface area contributed by atoms with Gasteiger partial charge in [-0.1, -0.05) is 34.8 Å². The molecule has 0 amide bonds. The molecule has 0 aliphatic rings. The third-order valence-electron chi connectivity index (χ3n) is 2.49. The topological polar surface area (TPSA) is 25.8 Å². The first-order chi connectivity index (χ1) is 8.15. The summed E-state index contributed by atoms with van der Waals surface area (Å²) in [5.74, 6) is 0. The zero-order valence-corrected chi connectivity index (χ0v) is 10.7. The molecule has 0 aliphatic carbocycles. The van der Waals surface area contributed by atoms with E-state index in [9.17, 15) is 0 Å². The third kappa shape index (κ3) is 1.82. The van der Waals surface area contributed by atoms with E-state index in [4.69, 9.17) is 34.8 Å². The average Bonchev–Trinajstić information content (AvgIpc) is 2.30. The Kier molecular flexibility index (Phi) is 2.58. The van der Waals surface area contributed by atoms with Gasteiger partial charge in [-0.05, 0) is 30.3 Å². The van der Waals surface area contributed by atoms with Crippen LogP contribution in [0.2, 0.25) is 15.2 Å². The Morgan fingerprint density at radius 1 is 0.824 bits per heavy atom. The summed E-state index contributed by atoms with van der Waals surface area (Å²) in [6.45, 7) is 0. The van der Waals surface area contributed by atoms with Gasteiger partial charge in [-0.15, -0.1) is 0 Å². The first-order valence-corrected chi connectivity index (χ1v) is 5.99. The van der Waals surface area contributed by atoms with Gasteiger partial charge in [0.1, 0.15) is 10.7 Å². The molecule has 0 aliphatic heterocycles. The molecule has 2 aromatic heterocycles. The number of fused-ring (bicyclic) bond motifs is 2. The Morgan fingerprint density at radius 3 is 2.47 bits per heavy atom. The minimum atomic E-state index is 0.398. The maximum atomic E-state index is 6.29. The lowest BCUT2D eigenvalue weighted by Crippen LogP contribution is -1.88. The molecule has 17 heavy (non-hydrogen) atoms. The van der Waals surface area contributed by atoms with Crippen molar-refractivity contribution >= 4 is 56.7 Å². The van der Waals surface area contributed by atoms with E-state index in [1.807, 2.05) is 6.07 Å². The smallest absolute Gasteiger partial charge is 0.129 e. The van der Waals surface area contributed by atoms with Crippen LogP contribution in [-0.4, -0.2) is 9.97 Å². The van der Waals surface area contributed by atoms with Gasteiger partial charge in [-0.25, -0.2) is 9.97 Å². The lowest BCUT2D eigenvalue weighted by atomic mass is 10.2. The highest BCUT2D eigenvalue weighted by Gasteiger charge is 2.09. The van der Waals surface area contributed by atoms with Gasteiger partial charge < -0.3 is 0 Å². The van der Waals surface area contributed by atoms with Gasteiger partial charge in [-0.2, -0.15) is 0 Å². The maximum Gasteiger partial charge on any atom is 0.129 e. The highest BCUT2D eigenvalue weighted by Crippen LogP contribution is 2.31. The highest BCUT2D eigenvalue weighted by atomic mass is 35.5. The van der Waals surface area contributed by atoms with Gasteiger partial charge in [-0.3, -0.25) is 0 Å². The Labute approximate surface area is 112 Å². The number of pyridine rings is 2. The molecule has 3 aromatic rings. The van der Waals surface area contributed by atoms with E-state index in [0.717, 1.165) is 10.9 Å². The van der Waals surface area contributed by atoms with Gasteiger partial charge >= 0.3 is 0 Å². The van der Waals surface area contributed by atoms with Crippen molar-refractivity contribution in [2.75, 3.05) is 0 Å². The summed E-state index contributed by atoms with van der Waals surface area (Å²) in [7, 11) is 0. The number of hydrogen-bond acceptors (Lipinski definition) is 2. The monoisotopic (exact) mass is 282 g/mol. The van der Waals surface area contributed by atoms with E-state index in [0.29, 0.717) is 26.2 Å². The van der Waals surface area contributed by atoms with Crippen LogP contribution in [0.3, 0.4) is 0 Å². The normalized spacial score (nSPS) is 11.2. The summed E-state index contributed by atoms with van der Waals surface area (Å²) < 4.78 is 0. The molecular formula is C12H5Cl3N2. The summed E-state index contributed by atoms with van der Waals surface area (Å²) in [6, 6.07) is 8.85. The fourth-order valence-corrected chi connectivity index (χ4v) is 2.33. The molecule has 0 radical (unpaired) electrons. The van der Waals surface area contributed by atoms with Crippen LogP contribution >= 0.6 is 34.8 Å². The van der Waals surface area contributed by atoms with E-state index in [-0.39, 0.29) is 0 Å². The van der Waals surface area contributed by atoms with Gasteiger partial charge in [0.2, 0.25) is 0 Å². The first-order valence-electron chi connectivity index (χ1n) is 4.86. The summed E-state index contributed by atoms with van der Waals surface area (Å²) >= 11 is 18.1. The number of rotatable bonds is 0. The second-order valence-corrected chi connectivity index (χ2v) is 4.79. The van der Waals surface area contributed by atoms with Gasteiger partial charge in [0.25, 0.3) is 0 Å². The Bertz CT molecular complexity index is 740. The van der Waals surface area contributed by atoms with Crippen molar-refractivity contribution in [1.82, 2.24) is 9.97 Å². The van der Waals surface area contributed by atoms with E-state index in [1.54, 1.807) is 24.3 Å². The predicted octanol–water partition coefficient (Wildman–Crippen LogP) is 4.74. The molecule has 3 rings (SSSR count). The quantitative estimate of drug-likeness (QED) is 0.440. The molecule has 0 N–H and O–H groups in total. The van der Waals surface area contributed by atoms with Crippen molar-refractivity contribution in [3.8, 4) is 0 Å². The maximum absolute atomic E-state index is 6.29. The first kappa shape index (κ1) is 11.0. The fourth-order valence-electron chi connectivity index (χ4n) is 1.72. The summed E-state index contributed by atoms with van der Waals surface area (Å²) in [4.78, 5) is 8.64. The van der Waals surface area contributed by atoms with Gasteiger partial charge in [0.15, 0.2) is 0 Å². The summed E-state index contributed by atoms with van der Waals surface area (Å²) in [5, 5.41) is 2.39. The van der Waals surface area contributed by atoms with Crippen molar-refractivity contribution < 1.29 is 0 Å². The zero-order valence-electron chi connectivity index (χ0n) is 8.42. The molecule has 0 atom stereocenters. The lowest BCUT2D eigenvalue weighted by Gasteiger charge is -2.05. The lowest BCUT2D eigenvalue weighted by molar-refractivity contribution is 1.37. The molecule has 1 aromatic carbocycles. The van der Waals surface area contributed by atoms with Crippen molar-refractivity contribution in [3.05, 3.63) is 45.5 Å². The van der Waals surface area contributed by atoms with Crippen LogP contribution in [-0.2, 0) is 0 Å². The van der Waals surface area contributed by atoms with Crippen LogP contribution in [0.15, 0.2) is 30.3 Å². The summed E-state index contributed by atoms with van der Waals surface area (Å²) in [5.41, 5.74) is 2.06. The number of benzene rings is 1. The van der Waals surface area contributed by atoms with E-state index in [2.05, 4.69) is 9.97 Å². The van der Waals surface area contributed by atoms with E-state index in [1.165, 1.54) is 0 Å². The van der Waals surface area contributed by atoms with Crippen LogP contribution in [0, 0.1) is 0 Å². The molecule has 5 heteroatoms. The molecule has 0 spiro atoms. The van der Waals surface area contributed by atoms with Crippen LogP contribution < -0.4 is 0 Å². The van der Waals surface area contributed by atoms with Crippen molar-refractivity contribution in [2.24, 2.45) is 0 Å². The van der Waals surface area contributed by atoms with Crippen LogP contribution in [0.4, 0.5) is 0 Å². The molecule has 0 saturated carbocycles. The minimum absolute atomic E-state index is 0.398. The van der Waals surface area contributed by atoms with Crippen molar-refractivity contribution in [2.45, 2.75) is 0 Å². The Morgan fingerprint density at radius 2 is 1.65 bits per heavy atom. The van der Waals surface area contributed by atoms with Crippen molar-refractivity contribution in [3.63, 3.8) is 0 Å². The predicted molar refractivity (Wildman–Crippen MR) is 72.1 cm³/mol. The Hall–Kier alpha value is -1.09. The zero-order chi connectivity index (χ0) is 12.0. The van der Waals surface area contributed by atoms with E-state index < -0.39 is 0 Å². The molecule has 84 valence electrons. The van der Waals surface area contributed by atoms with Gasteiger partial charge in [0, 0.05) is 10.4 Å². The minimum Gasteiger partial charge on any atom is -0.246 e. The third-order valence-corrected chi connectivity index (χ3v) is 3.31. The van der Waals surface area contributed by atoms with Crippen molar-refractivity contribution in [1.29, 1.82) is 0 Å².